The summed E-state index contributed by atoms with van der Waals surface area (Å²) in [5.74, 6) is -0.000357. The number of rotatable bonds is 6. The largest absolute Gasteiger partial charge is 0.496 e. The van der Waals surface area contributed by atoms with Gasteiger partial charge in [-0.3, -0.25) is 4.79 Å². The molecule has 0 aliphatic heterocycles. The second kappa shape index (κ2) is 6.40. The fourth-order valence-corrected chi connectivity index (χ4v) is 1.92. The quantitative estimate of drug-likeness (QED) is 0.812. The lowest BCUT2D eigenvalue weighted by Crippen LogP contribution is -2.42. The molecular weight excluding hydrogens is 230 g/mol. The molecule has 100 valence electrons. The van der Waals surface area contributed by atoms with Crippen LogP contribution in [0.4, 0.5) is 0 Å². The number of benzene rings is 1. The Bertz CT molecular complexity index is 416. The average molecular weight is 251 g/mol. The number of nitrogens with one attached hydrogen (secondary N) is 1. The number of hydrogen-bond acceptors (Lipinski definition) is 3. The first-order valence-electron chi connectivity index (χ1n) is 6.06. The SMILES string of the molecule is COc1ccc(CC(NC(C)C)C(=O)O)cc1C. The van der Waals surface area contributed by atoms with Crippen molar-refractivity contribution in [2.75, 3.05) is 7.11 Å². The van der Waals surface area contributed by atoms with Gasteiger partial charge in [0.25, 0.3) is 0 Å². The van der Waals surface area contributed by atoms with E-state index < -0.39 is 12.0 Å². The molecule has 4 nitrogen and oxygen atoms in total. The van der Waals surface area contributed by atoms with Gasteiger partial charge in [-0.25, -0.2) is 0 Å². The Kier molecular flexibility index (Phi) is 5.16. The molecule has 1 aromatic carbocycles. The van der Waals surface area contributed by atoms with E-state index in [0.29, 0.717) is 6.42 Å². The number of methoxy groups -OCH3 is 1. The number of carboxylic acids is 1. The summed E-state index contributed by atoms with van der Waals surface area (Å²) in [4.78, 5) is 11.2. The highest BCUT2D eigenvalue weighted by molar-refractivity contribution is 5.74. The predicted octanol–water partition coefficient (Wildman–Crippen LogP) is 2.00. The van der Waals surface area contributed by atoms with Gasteiger partial charge in [-0.05, 0) is 30.5 Å². The molecule has 0 radical (unpaired) electrons. The fourth-order valence-electron chi connectivity index (χ4n) is 1.92. The molecule has 0 bridgehead atoms. The zero-order valence-electron chi connectivity index (χ0n) is 11.4. The van der Waals surface area contributed by atoms with E-state index in [2.05, 4.69) is 5.32 Å². The van der Waals surface area contributed by atoms with Crippen molar-refractivity contribution in [1.29, 1.82) is 0 Å². The van der Waals surface area contributed by atoms with Crippen molar-refractivity contribution in [3.8, 4) is 5.75 Å². The van der Waals surface area contributed by atoms with Gasteiger partial charge in [-0.2, -0.15) is 0 Å². The highest BCUT2D eigenvalue weighted by atomic mass is 16.5. The summed E-state index contributed by atoms with van der Waals surface area (Å²) in [6, 6.07) is 5.34. The average Bonchev–Trinajstić information content (AvgIpc) is 2.27. The Morgan fingerprint density at radius 1 is 1.44 bits per heavy atom. The summed E-state index contributed by atoms with van der Waals surface area (Å²) in [5.41, 5.74) is 2.01. The lowest BCUT2D eigenvalue weighted by atomic mass is 10.0. The van der Waals surface area contributed by atoms with Gasteiger partial charge in [0, 0.05) is 6.04 Å². The molecule has 18 heavy (non-hydrogen) atoms. The highest BCUT2D eigenvalue weighted by Gasteiger charge is 2.18. The number of ether oxygens (including phenoxy) is 1. The van der Waals surface area contributed by atoms with Gasteiger partial charge < -0.3 is 15.2 Å². The molecule has 0 aliphatic rings. The van der Waals surface area contributed by atoms with E-state index in [9.17, 15) is 4.79 Å². The second-order valence-electron chi connectivity index (χ2n) is 4.72. The molecule has 1 unspecified atom stereocenters. The van der Waals surface area contributed by atoms with Crippen LogP contribution >= 0.6 is 0 Å². The third kappa shape index (κ3) is 4.04. The first-order valence-corrected chi connectivity index (χ1v) is 6.06. The first kappa shape index (κ1) is 14.5. The van der Waals surface area contributed by atoms with Crippen molar-refractivity contribution in [2.45, 2.75) is 39.3 Å². The zero-order chi connectivity index (χ0) is 13.7. The van der Waals surface area contributed by atoms with Gasteiger partial charge in [0.2, 0.25) is 0 Å². The summed E-state index contributed by atoms with van der Waals surface area (Å²) in [6.45, 7) is 5.83. The van der Waals surface area contributed by atoms with E-state index in [1.165, 1.54) is 0 Å². The van der Waals surface area contributed by atoms with Gasteiger partial charge in [0.1, 0.15) is 11.8 Å². The summed E-state index contributed by atoms with van der Waals surface area (Å²) < 4.78 is 5.19. The fraction of sp³-hybridized carbons (Fsp3) is 0.500. The van der Waals surface area contributed by atoms with Crippen LogP contribution in [0.2, 0.25) is 0 Å². The number of hydrogen-bond donors (Lipinski definition) is 2. The van der Waals surface area contributed by atoms with Crippen molar-refractivity contribution in [2.24, 2.45) is 0 Å². The molecule has 1 atom stereocenters. The molecule has 0 spiro atoms. The minimum atomic E-state index is -0.822. The van der Waals surface area contributed by atoms with Gasteiger partial charge in [-0.1, -0.05) is 26.0 Å². The molecule has 1 aromatic rings. The molecule has 0 amide bonds. The molecule has 2 N–H and O–H groups in total. The highest BCUT2D eigenvalue weighted by Crippen LogP contribution is 2.19. The molecule has 0 saturated carbocycles. The minimum absolute atomic E-state index is 0.144. The van der Waals surface area contributed by atoms with Crippen molar-refractivity contribution < 1.29 is 14.6 Å². The van der Waals surface area contributed by atoms with E-state index in [1.807, 2.05) is 39.0 Å². The number of aliphatic carboxylic acids is 1. The Morgan fingerprint density at radius 2 is 2.11 bits per heavy atom. The van der Waals surface area contributed by atoms with E-state index in [1.54, 1.807) is 7.11 Å². The number of aryl methyl sites for hydroxylation is 1. The Hall–Kier alpha value is -1.55. The molecule has 1 rings (SSSR count). The summed E-state index contributed by atoms with van der Waals surface area (Å²) in [7, 11) is 1.63. The first-order chi connectivity index (χ1) is 8.43. The van der Waals surface area contributed by atoms with E-state index in [4.69, 9.17) is 9.84 Å². The maximum absolute atomic E-state index is 11.2. The van der Waals surface area contributed by atoms with Crippen LogP contribution in [-0.2, 0) is 11.2 Å². The standard InChI is InChI=1S/C14H21NO3/c1-9(2)15-12(14(16)17)8-11-5-6-13(18-4)10(3)7-11/h5-7,9,12,15H,8H2,1-4H3,(H,16,17). The van der Waals surface area contributed by atoms with Crippen LogP contribution in [-0.4, -0.2) is 30.3 Å². The number of carboxylic acid groups (broad SMARTS) is 1. The van der Waals surface area contributed by atoms with Crippen LogP contribution in [0.15, 0.2) is 18.2 Å². The van der Waals surface area contributed by atoms with Gasteiger partial charge in [0.05, 0.1) is 7.11 Å². The second-order valence-corrected chi connectivity index (χ2v) is 4.72. The van der Waals surface area contributed by atoms with Crippen molar-refractivity contribution in [1.82, 2.24) is 5.32 Å². The topological polar surface area (TPSA) is 58.6 Å². The van der Waals surface area contributed by atoms with Gasteiger partial charge in [-0.15, -0.1) is 0 Å². The van der Waals surface area contributed by atoms with Gasteiger partial charge in [0.15, 0.2) is 0 Å². The molecule has 0 aliphatic carbocycles. The Morgan fingerprint density at radius 3 is 2.56 bits per heavy atom. The van der Waals surface area contributed by atoms with Crippen LogP contribution < -0.4 is 10.1 Å². The van der Waals surface area contributed by atoms with Crippen LogP contribution in [0, 0.1) is 6.92 Å². The normalized spacial score (nSPS) is 12.5. The lowest BCUT2D eigenvalue weighted by Gasteiger charge is -2.17. The minimum Gasteiger partial charge on any atom is -0.496 e. The monoisotopic (exact) mass is 251 g/mol. The molecule has 0 saturated heterocycles. The number of carbonyl (C=O) groups is 1. The van der Waals surface area contributed by atoms with Crippen LogP contribution in [0.3, 0.4) is 0 Å². The Labute approximate surface area is 108 Å². The Balaban J connectivity index is 2.81. The maximum Gasteiger partial charge on any atom is 0.321 e. The maximum atomic E-state index is 11.2. The van der Waals surface area contributed by atoms with Crippen molar-refractivity contribution in [3.63, 3.8) is 0 Å². The van der Waals surface area contributed by atoms with E-state index in [0.717, 1.165) is 16.9 Å². The van der Waals surface area contributed by atoms with Crippen LogP contribution in [0.1, 0.15) is 25.0 Å². The smallest absolute Gasteiger partial charge is 0.321 e. The molecular formula is C14H21NO3. The molecule has 0 heterocycles. The van der Waals surface area contributed by atoms with Crippen molar-refractivity contribution >= 4 is 5.97 Å². The van der Waals surface area contributed by atoms with Crippen LogP contribution in [0.5, 0.6) is 5.75 Å². The van der Waals surface area contributed by atoms with E-state index >= 15 is 0 Å². The third-order valence-corrected chi connectivity index (χ3v) is 2.73. The van der Waals surface area contributed by atoms with Gasteiger partial charge >= 0.3 is 5.97 Å². The lowest BCUT2D eigenvalue weighted by molar-refractivity contribution is -0.139. The summed E-state index contributed by atoms with van der Waals surface area (Å²) in [5, 5.41) is 12.2. The molecule has 0 fully saturated rings. The predicted molar refractivity (Wildman–Crippen MR) is 71.1 cm³/mol. The summed E-state index contributed by atoms with van der Waals surface area (Å²) >= 11 is 0. The van der Waals surface area contributed by atoms with Crippen LogP contribution in [0.25, 0.3) is 0 Å². The molecule has 4 heteroatoms. The van der Waals surface area contributed by atoms with E-state index in [-0.39, 0.29) is 6.04 Å². The third-order valence-electron chi connectivity index (χ3n) is 2.73. The zero-order valence-corrected chi connectivity index (χ0v) is 11.4. The molecule has 0 aromatic heterocycles. The van der Waals surface area contributed by atoms with Crippen molar-refractivity contribution in [3.05, 3.63) is 29.3 Å². The summed E-state index contributed by atoms with van der Waals surface area (Å²) in [6.07, 6.45) is 0.471.